The molecule has 0 fully saturated rings. The van der Waals surface area contributed by atoms with Crippen LogP contribution in [0.5, 0.6) is 17.2 Å². The molecule has 1 heterocycles. The van der Waals surface area contributed by atoms with Crippen molar-refractivity contribution < 1.29 is 19.4 Å². The number of carbonyl (C=O) groups excluding carboxylic acids is 1. The molecular weight excluding hydrogens is 378 g/mol. The summed E-state index contributed by atoms with van der Waals surface area (Å²) < 4.78 is 11.3. The lowest BCUT2D eigenvalue weighted by Crippen LogP contribution is -2.17. The van der Waals surface area contributed by atoms with Gasteiger partial charge in [0.05, 0.1) is 18.2 Å². The van der Waals surface area contributed by atoms with Crippen molar-refractivity contribution in [3.63, 3.8) is 0 Å². The molecule has 3 aromatic carbocycles. The van der Waals surface area contributed by atoms with Gasteiger partial charge in [-0.3, -0.25) is 9.69 Å². The molecule has 1 aliphatic rings. The maximum atomic E-state index is 12.9. The van der Waals surface area contributed by atoms with Crippen LogP contribution < -0.4 is 9.47 Å². The van der Waals surface area contributed by atoms with Gasteiger partial charge in [-0.1, -0.05) is 48.5 Å². The van der Waals surface area contributed by atoms with E-state index >= 15 is 0 Å². The number of rotatable bonds is 6. The quantitative estimate of drug-likeness (QED) is 0.610. The van der Waals surface area contributed by atoms with Gasteiger partial charge in [-0.05, 0) is 36.9 Å². The standard InChI is InChI=1S/C25H23NO4/c1-26(15-17-8-4-3-5-9-17)16-20-21(27)13-12-19-24(28)23(30-25(19)20)14-18-10-6-7-11-22(18)29-2/h3-14,27H,15-16H2,1-2H3/b23-14-. The molecule has 0 spiro atoms. The number of methoxy groups -OCH3 is 1. The summed E-state index contributed by atoms with van der Waals surface area (Å²) in [5.74, 6) is 1.19. The fourth-order valence-corrected chi connectivity index (χ4v) is 3.60. The number of hydrogen-bond acceptors (Lipinski definition) is 5. The van der Waals surface area contributed by atoms with Crippen molar-refractivity contribution in [1.82, 2.24) is 4.90 Å². The van der Waals surface area contributed by atoms with E-state index in [9.17, 15) is 9.90 Å². The maximum absolute atomic E-state index is 12.9. The Kier molecular flexibility index (Phi) is 5.55. The van der Waals surface area contributed by atoms with Gasteiger partial charge in [-0.2, -0.15) is 0 Å². The van der Waals surface area contributed by atoms with Crippen molar-refractivity contribution in [2.75, 3.05) is 14.2 Å². The van der Waals surface area contributed by atoms with E-state index in [2.05, 4.69) is 17.0 Å². The van der Waals surface area contributed by atoms with Gasteiger partial charge in [-0.25, -0.2) is 0 Å². The average Bonchev–Trinajstić information content (AvgIpc) is 3.07. The zero-order valence-corrected chi connectivity index (χ0v) is 17.0. The Morgan fingerprint density at radius 2 is 1.73 bits per heavy atom. The lowest BCUT2D eigenvalue weighted by molar-refractivity contribution is 0.101. The van der Waals surface area contributed by atoms with E-state index in [1.54, 1.807) is 25.3 Å². The highest BCUT2D eigenvalue weighted by molar-refractivity contribution is 6.15. The Hall–Kier alpha value is -3.57. The van der Waals surface area contributed by atoms with E-state index in [4.69, 9.17) is 9.47 Å². The molecule has 1 N–H and O–H groups in total. The molecule has 0 atom stereocenters. The van der Waals surface area contributed by atoms with E-state index < -0.39 is 0 Å². The van der Waals surface area contributed by atoms with Crippen molar-refractivity contribution in [3.8, 4) is 17.2 Å². The third-order valence-corrected chi connectivity index (χ3v) is 5.07. The van der Waals surface area contributed by atoms with Crippen LogP contribution in [-0.4, -0.2) is 29.9 Å². The Balaban J connectivity index is 1.62. The maximum Gasteiger partial charge on any atom is 0.231 e. The molecule has 0 aromatic heterocycles. The first-order valence-corrected chi connectivity index (χ1v) is 9.71. The lowest BCUT2D eigenvalue weighted by atomic mass is 10.0. The fourth-order valence-electron chi connectivity index (χ4n) is 3.60. The molecule has 3 aromatic rings. The first-order chi connectivity index (χ1) is 14.6. The van der Waals surface area contributed by atoms with Crippen LogP contribution in [0.15, 0.2) is 72.5 Å². The molecule has 0 aliphatic carbocycles. The van der Waals surface area contributed by atoms with Gasteiger partial charge < -0.3 is 14.6 Å². The smallest absolute Gasteiger partial charge is 0.231 e. The summed E-state index contributed by atoms with van der Waals surface area (Å²) in [7, 11) is 3.55. The monoisotopic (exact) mass is 401 g/mol. The summed E-state index contributed by atoms with van der Waals surface area (Å²) >= 11 is 0. The molecule has 5 heteroatoms. The zero-order chi connectivity index (χ0) is 21.1. The van der Waals surface area contributed by atoms with Crippen LogP contribution in [-0.2, 0) is 13.1 Å². The number of ether oxygens (including phenoxy) is 2. The van der Waals surface area contributed by atoms with Crippen LogP contribution in [0.2, 0.25) is 0 Å². The third kappa shape index (κ3) is 3.93. The van der Waals surface area contributed by atoms with Gasteiger partial charge in [0.2, 0.25) is 5.78 Å². The number of carbonyl (C=O) groups is 1. The minimum absolute atomic E-state index is 0.111. The number of aromatic hydroxyl groups is 1. The molecule has 5 nitrogen and oxygen atoms in total. The number of allylic oxidation sites excluding steroid dienone is 1. The van der Waals surface area contributed by atoms with Crippen LogP contribution in [0.25, 0.3) is 6.08 Å². The highest BCUT2D eigenvalue weighted by atomic mass is 16.5. The Morgan fingerprint density at radius 1 is 1.00 bits per heavy atom. The van der Waals surface area contributed by atoms with Gasteiger partial charge in [-0.15, -0.1) is 0 Å². The second kappa shape index (κ2) is 8.43. The lowest BCUT2D eigenvalue weighted by Gasteiger charge is -2.19. The molecule has 0 bridgehead atoms. The number of Topliss-reactive ketones (excluding diaryl/α,β-unsaturated/α-hetero) is 1. The first-order valence-electron chi connectivity index (χ1n) is 9.71. The van der Waals surface area contributed by atoms with Gasteiger partial charge >= 0.3 is 0 Å². The summed E-state index contributed by atoms with van der Waals surface area (Å²) in [5, 5.41) is 10.5. The number of nitrogens with zero attached hydrogens (tertiary/aromatic N) is 1. The molecule has 4 rings (SSSR count). The molecule has 152 valence electrons. The van der Waals surface area contributed by atoms with Gasteiger partial charge in [0.25, 0.3) is 0 Å². The normalized spacial score (nSPS) is 14.1. The third-order valence-electron chi connectivity index (χ3n) is 5.07. The van der Waals surface area contributed by atoms with E-state index in [0.717, 1.165) is 5.56 Å². The SMILES string of the molecule is COc1ccccc1/C=C1\Oc2c(ccc(O)c2CN(C)Cc2ccccc2)C1=O. The summed E-state index contributed by atoms with van der Waals surface area (Å²) in [5.41, 5.74) is 2.98. The van der Waals surface area contributed by atoms with Gasteiger partial charge in [0.1, 0.15) is 17.2 Å². The topological polar surface area (TPSA) is 59.0 Å². The van der Waals surface area contributed by atoms with Crippen LogP contribution in [0, 0.1) is 0 Å². The average molecular weight is 401 g/mol. The van der Waals surface area contributed by atoms with E-state index in [0.29, 0.717) is 35.7 Å². The van der Waals surface area contributed by atoms with Crippen molar-refractivity contribution in [2.24, 2.45) is 0 Å². The second-order valence-electron chi connectivity index (χ2n) is 7.28. The number of hydrogen-bond donors (Lipinski definition) is 1. The fraction of sp³-hybridized carbons (Fsp3) is 0.160. The predicted octanol–water partition coefficient (Wildman–Crippen LogP) is 4.65. The highest BCUT2D eigenvalue weighted by Gasteiger charge is 2.31. The summed E-state index contributed by atoms with van der Waals surface area (Å²) in [6, 6.07) is 20.7. The van der Waals surface area contributed by atoms with Crippen LogP contribution in [0.1, 0.15) is 27.0 Å². The molecule has 1 aliphatic heterocycles. The zero-order valence-electron chi connectivity index (χ0n) is 17.0. The van der Waals surface area contributed by atoms with Crippen molar-refractivity contribution in [1.29, 1.82) is 0 Å². The largest absolute Gasteiger partial charge is 0.507 e. The van der Waals surface area contributed by atoms with Crippen LogP contribution >= 0.6 is 0 Å². The van der Waals surface area contributed by atoms with Crippen LogP contribution in [0.3, 0.4) is 0 Å². The molecule has 0 saturated carbocycles. The number of para-hydroxylation sites is 1. The first kappa shape index (κ1) is 19.7. The van der Waals surface area contributed by atoms with E-state index in [-0.39, 0.29) is 17.3 Å². The number of fused-ring (bicyclic) bond motifs is 1. The molecule has 0 radical (unpaired) electrons. The number of phenolic OH excluding ortho intramolecular Hbond substituents is 1. The summed E-state index contributed by atoms with van der Waals surface area (Å²) in [6.07, 6.45) is 1.68. The minimum atomic E-state index is -0.206. The Morgan fingerprint density at radius 3 is 2.50 bits per heavy atom. The van der Waals surface area contributed by atoms with Crippen molar-refractivity contribution in [2.45, 2.75) is 13.1 Å². The minimum Gasteiger partial charge on any atom is -0.507 e. The number of ketones is 1. The van der Waals surface area contributed by atoms with Gasteiger partial charge in [0, 0.05) is 18.7 Å². The van der Waals surface area contributed by atoms with Crippen molar-refractivity contribution >= 4 is 11.9 Å². The highest BCUT2D eigenvalue weighted by Crippen LogP contribution is 2.40. The molecule has 0 saturated heterocycles. The summed E-state index contributed by atoms with van der Waals surface area (Å²) in [6.45, 7) is 1.15. The van der Waals surface area contributed by atoms with Gasteiger partial charge in [0.15, 0.2) is 5.76 Å². The molecule has 0 amide bonds. The molecular formula is C25H23NO4. The Bertz CT molecular complexity index is 1110. The van der Waals surface area contributed by atoms with E-state index in [1.165, 1.54) is 5.56 Å². The summed E-state index contributed by atoms with van der Waals surface area (Å²) in [4.78, 5) is 15.0. The second-order valence-corrected chi connectivity index (χ2v) is 7.28. The van der Waals surface area contributed by atoms with Crippen LogP contribution in [0.4, 0.5) is 0 Å². The Labute approximate surface area is 175 Å². The molecule has 0 unspecified atom stereocenters. The van der Waals surface area contributed by atoms with Crippen molar-refractivity contribution in [3.05, 3.63) is 94.7 Å². The van der Waals surface area contributed by atoms with E-state index in [1.807, 2.05) is 49.5 Å². The number of phenols is 1. The number of benzene rings is 3. The molecule has 30 heavy (non-hydrogen) atoms. The predicted molar refractivity (Wildman–Crippen MR) is 116 cm³/mol.